The molecule has 0 radical (unpaired) electrons. The molecule has 1 aromatic carbocycles. The molecule has 4 heteroatoms. The molecule has 1 aliphatic heterocycles. The smallest absolute Gasteiger partial charge is 0.246 e. The number of anilines is 1. The molecule has 3 rings (SSSR count). The van der Waals surface area contributed by atoms with E-state index in [1.54, 1.807) is 11.8 Å². The molecule has 94 valence electrons. The second kappa shape index (κ2) is 4.12. The number of carbonyl (C=O) groups excluding carboxylic acids is 2. The summed E-state index contributed by atoms with van der Waals surface area (Å²) in [7, 11) is 0. The molecule has 2 aliphatic rings. The van der Waals surface area contributed by atoms with Crippen molar-refractivity contribution in [2.24, 2.45) is 5.92 Å². The number of hydrogen-bond donors (Lipinski definition) is 1. The van der Waals surface area contributed by atoms with Crippen LogP contribution in [0.5, 0.6) is 0 Å². The Labute approximate surface area is 106 Å². The second-order valence-electron chi connectivity index (χ2n) is 5.06. The van der Waals surface area contributed by atoms with Gasteiger partial charge in [0.1, 0.15) is 6.04 Å². The van der Waals surface area contributed by atoms with Gasteiger partial charge in [0.25, 0.3) is 0 Å². The summed E-state index contributed by atoms with van der Waals surface area (Å²) in [6, 6.07) is 7.26. The van der Waals surface area contributed by atoms with Gasteiger partial charge in [-0.3, -0.25) is 9.59 Å². The van der Waals surface area contributed by atoms with Crippen molar-refractivity contribution in [3.05, 3.63) is 29.8 Å². The highest BCUT2D eigenvalue weighted by Gasteiger charge is 2.38. The molecule has 0 bridgehead atoms. The van der Waals surface area contributed by atoms with Crippen molar-refractivity contribution in [2.75, 3.05) is 5.32 Å². The second-order valence-corrected chi connectivity index (χ2v) is 5.06. The van der Waals surface area contributed by atoms with Crippen LogP contribution in [0.2, 0.25) is 0 Å². The summed E-state index contributed by atoms with van der Waals surface area (Å²) in [6.07, 6.45) is 1.93. The number of nitrogens with one attached hydrogen (secondary N) is 1. The first-order valence-electron chi connectivity index (χ1n) is 6.36. The van der Waals surface area contributed by atoms with Crippen LogP contribution in [0.3, 0.4) is 0 Å². The largest absolute Gasteiger partial charge is 0.326 e. The highest BCUT2D eigenvalue weighted by Crippen LogP contribution is 2.33. The third-order valence-electron chi connectivity index (χ3n) is 3.67. The molecule has 1 heterocycles. The zero-order valence-electron chi connectivity index (χ0n) is 10.3. The predicted molar refractivity (Wildman–Crippen MR) is 67.8 cm³/mol. The zero-order chi connectivity index (χ0) is 12.7. The quantitative estimate of drug-likeness (QED) is 0.818. The maximum Gasteiger partial charge on any atom is 0.246 e. The van der Waals surface area contributed by atoms with Gasteiger partial charge in [-0.05, 0) is 31.4 Å². The van der Waals surface area contributed by atoms with Crippen molar-refractivity contribution >= 4 is 17.5 Å². The van der Waals surface area contributed by atoms with Gasteiger partial charge in [0, 0.05) is 18.2 Å². The highest BCUT2D eigenvalue weighted by molar-refractivity contribution is 5.99. The van der Waals surface area contributed by atoms with Crippen LogP contribution >= 0.6 is 0 Å². The van der Waals surface area contributed by atoms with Crippen molar-refractivity contribution in [1.82, 2.24) is 4.90 Å². The van der Waals surface area contributed by atoms with Crippen LogP contribution in [0.1, 0.15) is 25.3 Å². The van der Waals surface area contributed by atoms with E-state index < -0.39 is 6.04 Å². The monoisotopic (exact) mass is 244 g/mol. The van der Waals surface area contributed by atoms with Gasteiger partial charge in [-0.15, -0.1) is 0 Å². The van der Waals surface area contributed by atoms with Crippen LogP contribution in [0, 0.1) is 5.92 Å². The third kappa shape index (κ3) is 1.88. The molecular weight excluding hydrogens is 228 g/mol. The molecule has 2 amide bonds. The molecule has 1 aromatic rings. The van der Waals surface area contributed by atoms with Gasteiger partial charge in [0.15, 0.2) is 0 Å². The molecule has 1 atom stereocenters. The van der Waals surface area contributed by atoms with Gasteiger partial charge in [-0.25, -0.2) is 0 Å². The Morgan fingerprint density at radius 1 is 1.33 bits per heavy atom. The molecule has 1 N–H and O–H groups in total. The van der Waals surface area contributed by atoms with Crippen LogP contribution in [-0.2, 0) is 16.1 Å². The Hall–Kier alpha value is -1.84. The Morgan fingerprint density at radius 3 is 2.78 bits per heavy atom. The summed E-state index contributed by atoms with van der Waals surface area (Å²) in [5.74, 6) is 0.161. The Bertz CT molecular complexity index is 508. The number of fused-ring (bicyclic) bond motifs is 1. The molecule has 1 unspecified atom stereocenters. The fourth-order valence-corrected chi connectivity index (χ4v) is 2.31. The molecular formula is C14H16N2O2. The van der Waals surface area contributed by atoms with E-state index in [-0.39, 0.29) is 17.7 Å². The SMILES string of the molecule is CC1C(=O)Nc2ccccc2CN1C(=O)C1CC1. The van der Waals surface area contributed by atoms with Crippen LogP contribution < -0.4 is 5.32 Å². The summed E-state index contributed by atoms with van der Waals surface area (Å²) >= 11 is 0. The standard InChI is InChI=1S/C14H16N2O2/c1-9-13(17)15-12-5-3-2-4-11(12)8-16(9)14(18)10-6-7-10/h2-5,9-10H,6-8H2,1H3,(H,15,17). The average Bonchev–Trinajstić information content (AvgIpc) is 3.19. The van der Waals surface area contributed by atoms with E-state index in [0.717, 1.165) is 24.1 Å². The molecule has 1 fully saturated rings. The normalized spacial score (nSPS) is 23.1. The summed E-state index contributed by atoms with van der Waals surface area (Å²) < 4.78 is 0. The van der Waals surface area contributed by atoms with Crippen LogP contribution in [0.25, 0.3) is 0 Å². The number of benzene rings is 1. The minimum absolute atomic E-state index is 0.103. The van der Waals surface area contributed by atoms with Crippen molar-refractivity contribution < 1.29 is 9.59 Å². The lowest BCUT2D eigenvalue weighted by Crippen LogP contribution is -2.43. The molecule has 1 saturated carbocycles. The van der Waals surface area contributed by atoms with Crippen LogP contribution in [0.15, 0.2) is 24.3 Å². The number of nitrogens with zero attached hydrogens (tertiary/aromatic N) is 1. The van der Waals surface area contributed by atoms with Crippen molar-refractivity contribution in [3.63, 3.8) is 0 Å². The molecule has 0 spiro atoms. The van der Waals surface area contributed by atoms with Gasteiger partial charge in [-0.1, -0.05) is 18.2 Å². The fourth-order valence-electron chi connectivity index (χ4n) is 2.31. The fraction of sp³-hybridized carbons (Fsp3) is 0.429. The maximum absolute atomic E-state index is 12.2. The first-order chi connectivity index (χ1) is 8.66. The van der Waals surface area contributed by atoms with E-state index >= 15 is 0 Å². The zero-order valence-corrected chi connectivity index (χ0v) is 10.3. The molecule has 1 aliphatic carbocycles. The number of para-hydroxylation sites is 1. The van der Waals surface area contributed by atoms with Gasteiger partial charge in [0.2, 0.25) is 11.8 Å². The van der Waals surface area contributed by atoms with E-state index in [0.29, 0.717) is 6.54 Å². The Balaban J connectivity index is 1.94. The average molecular weight is 244 g/mol. The highest BCUT2D eigenvalue weighted by atomic mass is 16.2. The lowest BCUT2D eigenvalue weighted by atomic mass is 10.1. The summed E-state index contributed by atoms with van der Waals surface area (Å²) in [5.41, 5.74) is 1.82. The van der Waals surface area contributed by atoms with Gasteiger partial charge in [-0.2, -0.15) is 0 Å². The van der Waals surface area contributed by atoms with E-state index in [2.05, 4.69) is 5.32 Å². The van der Waals surface area contributed by atoms with Gasteiger partial charge in [0.05, 0.1) is 0 Å². The van der Waals surface area contributed by atoms with E-state index in [9.17, 15) is 9.59 Å². The first-order valence-corrected chi connectivity index (χ1v) is 6.36. The van der Waals surface area contributed by atoms with Gasteiger partial charge >= 0.3 is 0 Å². The lowest BCUT2D eigenvalue weighted by Gasteiger charge is -2.25. The number of hydrogen-bond acceptors (Lipinski definition) is 2. The topological polar surface area (TPSA) is 49.4 Å². The molecule has 0 aromatic heterocycles. The van der Waals surface area contributed by atoms with E-state index in [1.165, 1.54) is 0 Å². The number of rotatable bonds is 1. The minimum Gasteiger partial charge on any atom is -0.326 e. The van der Waals surface area contributed by atoms with Crippen molar-refractivity contribution in [2.45, 2.75) is 32.4 Å². The molecule has 0 saturated heterocycles. The van der Waals surface area contributed by atoms with Crippen LogP contribution in [0.4, 0.5) is 5.69 Å². The minimum atomic E-state index is -0.398. The van der Waals surface area contributed by atoms with Crippen molar-refractivity contribution in [1.29, 1.82) is 0 Å². The summed E-state index contributed by atoms with van der Waals surface area (Å²) in [4.78, 5) is 26.0. The maximum atomic E-state index is 12.2. The predicted octanol–water partition coefficient (Wildman–Crippen LogP) is 1.77. The molecule has 4 nitrogen and oxygen atoms in total. The lowest BCUT2D eigenvalue weighted by molar-refractivity contribution is -0.139. The Morgan fingerprint density at radius 2 is 2.06 bits per heavy atom. The Kier molecular flexibility index (Phi) is 2.58. The first kappa shape index (κ1) is 11.3. The molecule has 18 heavy (non-hydrogen) atoms. The summed E-state index contributed by atoms with van der Waals surface area (Å²) in [6.45, 7) is 2.31. The van der Waals surface area contributed by atoms with E-state index in [1.807, 2.05) is 24.3 Å². The van der Waals surface area contributed by atoms with Crippen molar-refractivity contribution in [3.8, 4) is 0 Å². The third-order valence-corrected chi connectivity index (χ3v) is 3.67. The van der Waals surface area contributed by atoms with Gasteiger partial charge < -0.3 is 10.2 Å². The van der Waals surface area contributed by atoms with E-state index in [4.69, 9.17) is 0 Å². The summed E-state index contributed by atoms with van der Waals surface area (Å²) in [5, 5.41) is 2.88. The number of amides is 2. The van der Waals surface area contributed by atoms with Crippen LogP contribution in [-0.4, -0.2) is 22.8 Å². The number of carbonyl (C=O) groups is 2.